The van der Waals surface area contributed by atoms with E-state index in [0.29, 0.717) is 6.42 Å². The Labute approximate surface area is 126 Å². The summed E-state index contributed by atoms with van der Waals surface area (Å²) in [5.41, 5.74) is 7.90. The van der Waals surface area contributed by atoms with E-state index in [9.17, 15) is 4.79 Å². The Morgan fingerprint density at radius 2 is 2.21 bits per heavy atom. The first kappa shape index (κ1) is 14.7. The van der Waals surface area contributed by atoms with Crippen LogP contribution in [0.2, 0.25) is 0 Å². The molecule has 1 saturated carbocycles. The van der Waals surface area contributed by atoms with E-state index in [1.807, 2.05) is 13.0 Å². The van der Waals surface area contributed by atoms with Gasteiger partial charge in [-0.1, -0.05) is 0 Å². The summed E-state index contributed by atoms with van der Waals surface area (Å²) in [6, 6.07) is 4.04. The molecule has 0 aromatic heterocycles. The number of methoxy groups -OCH3 is 1. The van der Waals surface area contributed by atoms with Gasteiger partial charge in [0.05, 0.1) is 13.5 Å². The van der Waals surface area contributed by atoms with Crippen molar-refractivity contribution >= 4 is 39.3 Å². The number of rotatable bonds is 5. The van der Waals surface area contributed by atoms with Crippen molar-refractivity contribution in [1.82, 2.24) is 0 Å². The van der Waals surface area contributed by atoms with Crippen LogP contribution in [0.15, 0.2) is 21.5 Å². The molecule has 0 amide bonds. The highest BCUT2D eigenvalue weighted by Crippen LogP contribution is 2.52. The fourth-order valence-corrected chi connectivity index (χ4v) is 3.95. The zero-order valence-electron chi connectivity index (χ0n) is 11.2. The fourth-order valence-electron chi connectivity index (χ4n) is 1.94. The third kappa shape index (κ3) is 3.66. The smallest absolute Gasteiger partial charge is 0.306 e. The molecule has 1 aliphatic carbocycles. The minimum Gasteiger partial charge on any atom is -0.469 e. The molecular weight excluding hydrogens is 326 g/mol. The van der Waals surface area contributed by atoms with Crippen molar-refractivity contribution < 1.29 is 9.53 Å². The molecule has 19 heavy (non-hydrogen) atoms. The van der Waals surface area contributed by atoms with E-state index in [-0.39, 0.29) is 11.4 Å². The molecule has 0 bridgehead atoms. The monoisotopic (exact) mass is 343 g/mol. The van der Waals surface area contributed by atoms with Crippen LogP contribution in [0.4, 0.5) is 5.69 Å². The summed E-state index contributed by atoms with van der Waals surface area (Å²) >= 11 is 5.32. The number of aryl methyl sites for hydroxylation is 1. The molecule has 0 radical (unpaired) electrons. The number of esters is 1. The number of anilines is 1. The van der Waals surface area contributed by atoms with Crippen LogP contribution in [-0.4, -0.2) is 18.8 Å². The molecular formula is C14H18BrNO2S. The van der Waals surface area contributed by atoms with E-state index < -0.39 is 0 Å². The Kier molecular flexibility index (Phi) is 4.46. The van der Waals surface area contributed by atoms with Gasteiger partial charge in [0, 0.05) is 20.8 Å². The SMILES string of the molecule is COC(=O)CC1(CSc2cc(C)c(N)cc2Br)CC1. The van der Waals surface area contributed by atoms with Gasteiger partial charge in [-0.05, 0) is 58.8 Å². The Morgan fingerprint density at radius 3 is 2.79 bits per heavy atom. The number of carbonyl (C=O) groups is 1. The number of hydrogen-bond acceptors (Lipinski definition) is 4. The van der Waals surface area contributed by atoms with Crippen molar-refractivity contribution in [3.8, 4) is 0 Å². The summed E-state index contributed by atoms with van der Waals surface area (Å²) < 4.78 is 5.79. The molecule has 5 heteroatoms. The van der Waals surface area contributed by atoms with Crippen molar-refractivity contribution in [2.45, 2.75) is 31.1 Å². The van der Waals surface area contributed by atoms with Gasteiger partial charge in [0.2, 0.25) is 0 Å². The molecule has 104 valence electrons. The third-order valence-corrected chi connectivity index (χ3v) is 5.88. The topological polar surface area (TPSA) is 52.3 Å². The normalized spacial score (nSPS) is 16.2. The van der Waals surface area contributed by atoms with E-state index in [1.54, 1.807) is 11.8 Å². The van der Waals surface area contributed by atoms with Crippen LogP contribution in [0.25, 0.3) is 0 Å². The highest BCUT2D eigenvalue weighted by molar-refractivity contribution is 9.10. The molecule has 2 rings (SSSR count). The molecule has 2 N–H and O–H groups in total. The number of hydrogen-bond donors (Lipinski definition) is 1. The zero-order valence-corrected chi connectivity index (χ0v) is 13.6. The Hall–Kier alpha value is -0.680. The molecule has 3 nitrogen and oxygen atoms in total. The molecule has 0 spiro atoms. The molecule has 1 aromatic carbocycles. The van der Waals surface area contributed by atoms with E-state index in [0.717, 1.165) is 34.3 Å². The number of ether oxygens (including phenoxy) is 1. The lowest BCUT2D eigenvalue weighted by Crippen LogP contribution is -2.13. The maximum absolute atomic E-state index is 11.4. The van der Waals surface area contributed by atoms with Gasteiger partial charge in [-0.2, -0.15) is 0 Å². The number of thioether (sulfide) groups is 1. The molecule has 1 aliphatic rings. The Balaban J connectivity index is 1.99. The second kappa shape index (κ2) is 5.75. The molecule has 0 heterocycles. The first-order valence-corrected chi connectivity index (χ1v) is 7.99. The maximum atomic E-state index is 11.4. The van der Waals surface area contributed by atoms with Crippen LogP contribution in [0, 0.1) is 12.3 Å². The second-order valence-corrected chi connectivity index (χ2v) is 7.05. The van der Waals surface area contributed by atoms with Gasteiger partial charge < -0.3 is 10.5 Å². The fraction of sp³-hybridized carbons (Fsp3) is 0.500. The standard InChI is InChI=1S/C14H18BrNO2S/c1-9-5-12(10(15)6-11(9)16)19-8-14(3-4-14)7-13(17)18-2/h5-6H,3-4,7-8,16H2,1-2H3. The van der Waals surface area contributed by atoms with Gasteiger partial charge in [-0.25, -0.2) is 0 Å². The molecule has 1 fully saturated rings. The van der Waals surface area contributed by atoms with Gasteiger partial charge in [-0.3, -0.25) is 4.79 Å². The molecule has 0 unspecified atom stereocenters. The van der Waals surface area contributed by atoms with Crippen LogP contribution in [0.1, 0.15) is 24.8 Å². The average molecular weight is 344 g/mol. The third-order valence-electron chi connectivity index (χ3n) is 3.56. The number of halogens is 1. The average Bonchev–Trinajstić information content (AvgIpc) is 3.12. The van der Waals surface area contributed by atoms with Crippen LogP contribution in [-0.2, 0) is 9.53 Å². The minimum atomic E-state index is -0.106. The summed E-state index contributed by atoms with van der Waals surface area (Å²) in [6.07, 6.45) is 2.75. The van der Waals surface area contributed by atoms with Crippen LogP contribution < -0.4 is 5.73 Å². The van der Waals surface area contributed by atoms with Gasteiger partial charge in [-0.15, -0.1) is 11.8 Å². The van der Waals surface area contributed by atoms with Gasteiger partial charge >= 0.3 is 5.97 Å². The summed E-state index contributed by atoms with van der Waals surface area (Å²) in [5, 5.41) is 0. The van der Waals surface area contributed by atoms with Gasteiger partial charge in [0.15, 0.2) is 0 Å². The Bertz CT molecular complexity index is 500. The van der Waals surface area contributed by atoms with Gasteiger partial charge in [0.25, 0.3) is 0 Å². The first-order valence-electron chi connectivity index (χ1n) is 6.21. The maximum Gasteiger partial charge on any atom is 0.306 e. The van der Waals surface area contributed by atoms with E-state index in [2.05, 4.69) is 22.0 Å². The van der Waals surface area contributed by atoms with Crippen molar-refractivity contribution in [3.63, 3.8) is 0 Å². The van der Waals surface area contributed by atoms with Crippen LogP contribution in [0.5, 0.6) is 0 Å². The zero-order chi connectivity index (χ0) is 14.0. The summed E-state index contributed by atoms with van der Waals surface area (Å²) in [6.45, 7) is 2.01. The van der Waals surface area contributed by atoms with E-state index in [1.165, 1.54) is 12.0 Å². The van der Waals surface area contributed by atoms with Crippen LogP contribution in [0.3, 0.4) is 0 Å². The lowest BCUT2D eigenvalue weighted by atomic mass is 10.1. The summed E-state index contributed by atoms with van der Waals surface area (Å²) in [7, 11) is 1.45. The highest BCUT2D eigenvalue weighted by Gasteiger charge is 2.44. The van der Waals surface area contributed by atoms with E-state index >= 15 is 0 Å². The number of benzene rings is 1. The lowest BCUT2D eigenvalue weighted by molar-refractivity contribution is -0.141. The Morgan fingerprint density at radius 1 is 1.53 bits per heavy atom. The first-order chi connectivity index (χ1) is 8.96. The second-order valence-electron chi connectivity index (χ2n) is 5.18. The van der Waals surface area contributed by atoms with Crippen molar-refractivity contribution in [3.05, 3.63) is 22.2 Å². The minimum absolute atomic E-state index is 0.106. The largest absolute Gasteiger partial charge is 0.469 e. The molecule has 0 saturated heterocycles. The predicted octanol–water partition coefficient (Wildman–Crippen LogP) is 3.78. The number of nitrogens with two attached hydrogens (primary N) is 1. The van der Waals surface area contributed by atoms with Crippen molar-refractivity contribution in [2.24, 2.45) is 5.41 Å². The quantitative estimate of drug-likeness (QED) is 0.502. The van der Waals surface area contributed by atoms with Gasteiger partial charge in [0.1, 0.15) is 0 Å². The van der Waals surface area contributed by atoms with Crippen LogP contribution >= 0.6 is 27.7 Å². The lowest BCUT2D eigenvalue weighted by Gasteiger charge is -2.14. The summed E-state index contributed by atoms with van der Waals surface area (Å²) in [5.74, 6) is 0.843. The molecule has 0 aliphatic heterocycles. The number of carbonyl (C=O) groups excluding carboxylic acids is 1. The summed E-state index contributed by atoms with van der Waals surface area (Å²) in [4.78, 5) is 12.6. The predicted molar refractivity (Wildman–Crippen MR) is 82.3 cm³/mol. The molecule has 0 atom stereocenters. The van der Waals surface area contributed by atoms with Crippen molar-refractivity contribution in [1.29, 1.82) is 0 Å². The number of nitrogen functional groups attached to an aromatic ring is 1. The van der Waals surface area contributed by atoms with Crippen molar-refractivity contribution in [2.75, 3.05) is 18.6 Å². The highest BCUT2D eigenvalue weighted by atomic mass is 79.9. The van der Waals surface area contributed by atoms with E-state index in [4.69, 9.17) is 10.5 Å². The molecule has 1 aromatic rings.